The maximum absolute atomic E-state index is 10.3. The molecular weight excluding hydrogens is 324 g/mol. The van der Waals surface area contributed by atoms with Crippen molar-refractivity contribution in [3.8, 4) is 0 Å². The highest BCUT2D eigenvalue weighted by molar-refractivity contribution is 5.96. The highest BCUT2D eigenvalue weighted by Gasteiger charge is 2.37. The molecule has 26 heavy (non-hydrogen) atoms. The Balaban J connectivity index is 1.38. The number of amidine groups is 1. The molecule has 136 valence electrons. The lowest BCUT2D eigenvalue weighted by Crippen LogP contribution is -2.46. The molecule has 4 heteroatoms. The van der Waals surface area contributed by atoms with Gasteiger partial charge in [-0.25, -0.2) is 0 Å². The van der Waals surface area contributed by atoms with Crippen molar-refractivity contribution in [1.82, 2.24) is 4.90 Å². The van der Waals surface area contributed by atoms with Crippen molar-refractivity contribution in [3.63, 3.8) is 0 Å². The molecule has 2 aliphatic heterocycles. The molecule has 0 spiro atoms. The van der Waals surface area contributed by atoms with Crippen molar-refractivity contribution in [3.05, 3.63) is 70.8 Å². The molecule has 2 aromatic rings. The van der Waals surface area contributed by atoms with Crippen LogP contribution < -0.4 is 0 Å². The molecule has 0 bridgehead atoms. The van der Waals surface area contributed by atoms with Crippen LogP contribution in [0.4, 0.5) is 0 Å². The number of aryl methyl sites for hydroxylation is 1. The van der Waals surface area contributed by atoms with Crippen LogP contribution in [0.3, 0.4) is 0 Å². The Kier molecular flexibility index (Phi) is 4.55. The molecule has 0 atom stereocenters. The summed E-state index contributed by atoms with van der Waals surface area (Å²) in [6.07, 6.45) is 2.17. The molecular formula is C22H26N2O2. The van der Waals surface area contributed by atoms with Gasteiger partial charge in [0.15, 0.2) is 0 Å². The van der Waals surface area contributed by atoms with Gasteiger partial charge in [0.05, 0.1) is 13.2 Å². The zero-order valence-corrected chi connectivity index (χ0v) is 15.2. The van der Waals surface area contributed by atoms with Crippen molar-refractivity contribution < 1.29 is 9.84 Å². The lowest BCUT2D eigenvalue weighted by molar-refractivity contribution is -0.184. The minimum atomic E-state index is -0.840. The number of likely N-dealkylation sites (tertiary alicyclic amines) is 1. The van der Waals surface area contributed by atoms with Crippen molar-refractivity contribution in [2.75, 3.05) is 26.3 Å². The van der Waals surface area contributed by atoms with Gasteiger partial charge in [-0.2, -0.15) is 0 Å². The molecule has 0 aliphatic carbocycles. The predicted octanol–water partition coefficient (Wildman–Crippen LogP) is 3.42. The van der Waals surface area contributed by atoms with Gasteiger partial charge in [0.1, 0.15) is 11.4 Å². The van der Waals surface area contributed by atoms with E-state index in [1.54, 1.807) is 0 Å². The van der Waals surface area contributed by atoms with E-state index < -0.39 is 5.60 Å². The number of hydrogen-bond donors (Lipinski definition) is 2. The Morgan fingerprint density at radius 1 is 1.04 bits per heavy atom. The van der Waals surface area contributed by atoms with E-state index in [0.717, 1.165) is 37.1 Å². The van der Waals surface area contributed by atoms with Crippen LogP contribution in [0.15, 0.2) is 48.5 Å². The Bertz CT molecular complexity index is 771. The van der Waals surface area contributed by atoms with E-state index >= 15 is 0 Å². The fraction of sp³-hybridized carbons (Fsp3) is 0.409. The maximum atomic E-state index is 10.3. The quantitative estimate of drug-likeness (QED) is 0.659. The SMILES string of the molecule is Cc1ccc(C2CCN(C(=N)c3ccc(C4(O)COC4)cc3)CC2)cc1. The summed E-state index contributed by atoms with van der Waals surface area (Å²) in [5, 5.41) is 18.9. The van der Waals surface area contributed by atoms with Gasteiger partial charge < -0.3 is 14.7 Å². The third-order valence-electron chi connectivity index (χ3n) is 5.74. The topological polar surface area (TPSA) is 56.6 Å². The summed E-state index contributed by atoms with van der Waals surface area (Å²) in [5.41, 5.74) is 3.66. The minimum absolute atomic E-state index is 0.357. The van der Waals surface area contributed by atoms with E-state index in [2.05, 4.69) is 36.1 Å². The first-order valence-electron chi connectivity index (χ1n) is 9.36. The summed E-state index contributed by atoms with van der Waals surface area (Å²) in [7, 11) is 0. The first-order valence-corrected chi connectivity index (χ1v) is 9.36. The van der Waals surface area contributed by atoms with Crippen LogP contribution >= 0.6 is 0 Å². The first-order chi connectivity index (χ1) is 12.5. The van der Waals surface area contributed by atoms with Crippen LogP contribution in [0.25, 0.3) is 0 Å². The average molecular weight is 350 g/mol. The number of ether oxygens (including phenoxy) is 1. The van der Waals surface area contributed by atoms with Gasteiger partial charge >= 0.3 is 0 Å². The van der Waals surface area contributed by atoms with Gasteiger partial charge in [-0.15, -0.1) is 0 Å². The summed E-state index contributed by atoms with van der Waals surface area (Å²) >= 11 is 0. The largest absolute Gasteiger partial charge is 0.380 e. The molecule has 2 saturated heterocycles. The summed E-state index contributed by atoms with van der Waals surface area (Å²) in [4.78, 5) is 2.17. The number of rotatable bonds is 3. The second kappa shape index (κ2) is 6.86. The molecule has 2 aromatic carbocycles. The summed E-state index contributed by atoms with van der Waals surface area (Å²) in [5.74, 6) is 1.17. The normalized spacial score (nSPS) is 19.8. The van der Waals surface area contributed by atoms with Crippen LogP contribution in [-0.4, -0.2) is 42.1 Å². The van der Waals surface area contributed by atoms with E-state index in [1.807, 2.05) is 24.3 Å². The number of benzene rings is 2. The second-order valence-electron chi connectivity index (χ2n) is 7.62. The van der Waals surface area contributed by atoms with Crippen molar-refractivity contribution in [2.45, 2.75) is 31.3 Å². The third-order valence-corrected chi connectivity index (χ3v) is 5.74. The van der Waals surface area contributed by atoms with Gasteiger partial charge in [-0.05, 0) is 36.8 Å². The van der Waals surface area contributed by atoms with Crippen LogP contribution in [0.1, 0.15) is 41.0 Å². The molecule has 4 rings (SSSR count). The van der Waals surface area contributed by atoms with E-state index in [1.165, 1.54) is 11.1 Å². The van der Waals surface area contributed by atoms with Crippen molar-refractivity contribution >= 4 is 5.84 Å². The Morgan fingerprint density at radius 2 is 1.65 bits per heavy atom. The molecule has 0 unspecified atom stereocenters. The first kappa shape index (κ1) is 17.3. The Hall–Kier alpha value is -2.17. The third kappa shape index (κ3) is 3.27. The summed E-state index contributed by atoms with van der Waals surface area (Å²) < 4.78 is 5.12. The second-order valence-corrected chi connectivity index (χ2v) is 7.62. The van der Waals surface area contributed by atoms with Crippen LogP contribution in [0.2, 0.25) is 0 Å². The molecule has 2 fully saturated rings. The zero-order valence-electron chi connectivity index (χ0n) is 15.2. The van der Waals surface area contributed by atoms with E-state index in [4.69, 9.17) is 10.1 Å². The van der Waals surface area contributed by atoms with Gasteiger partial charge in [0.2, 0.25) is 0 Å². The fourth-order valence-electron chi connectivity index (χ4n) is 3.86. The molecule has 0 radical (unpaired) electrons. The lowest BCUT2D eigenvalue weighted by Gasteiger charge is -2.37. The van der Waals surface area contributed by atoms with Crippen LogP contribution in [0.5, 0.6) is 0 Å². The smallest absolute Gasteiger partial charge is 0.136 e. The van der Waals surface area contributed by atoms with Crippen molar-refractivity contribution in [1.29, 1.82) is 5.41 Å². The molecule has 2 aliphatic rings. The number of aliphatic hydroxyl groups is 1. The van der Waals surface area contributed by atoms with Crippen molar-refractivity contribution in [2.24, 2.45) is 0 Å². The Labute approximate surface area is 154 Å². The maximum Gasteiger partial charge on any atom is 0.136 e. The molecule has 4 nitrogen and oxygen atoms in total. The van der Waals surface area contributed by atoms with E-state index in [9.17, 15) is 5.11 Å². The molecule has 0 saturated carbocycles. The van der Waals surface area contributed by atoms with E-state index in [0.29, 0.717) is 25.0 Å². The molecule has 2 heterocycles. The highest BCUT2D eigenvalue weighted by atomic mass is 16.5. The minimum Gasteiger partial charge on any atom is -0.380 e. The van der Waals surface area contributed by atoms with Crippen LogP contribution in [-0.2, 0) is 10.3 Å². The number of nitrogens with zero attached hydrogens (tertiary/aromatic N) is 1. The van der Waals surface area contributed by atoms with Crippen LogP contribution in [0, 0.1) is 12.3 Å². The number of piperidine rings is 1. The fourth-order valence-corrected chi connectivity index (χ4v) is 3.86. The standard InChI is InChI=1S/C22H26N2O2/c1-16-2-4-17(5-3-16)18-10-12-24(13-11-18)21(23)19-6-8-20(9-7-19)22(25)14-26-15-22/h2-9,18,23,25H,10-15H2,1H3. The number of nitrogens with one attached hydrogen (secondary N) is 1. The monoisotopic (exact) mass is 350 g/mol. The summed E-state index contributed by atoms with van der Waals surface area (Å²) in [6, 6.07) is 16.6. The summed E-state index contributed by atoms with van der Waals surface area (Å²) in [6.45, 7) is 4.66. The molecule has 0 aromatic heterocycles. The average Bonchev–Trinajstić information content (AvgIpc) is 2.66. The lowest BCUT2D eigenvalue weighted by atomic mass is 9.88. The zero-order chi connectivity index (χ0) is 18.1. The van der Waals surface area contributed by atoms with Gasteiger partial charge in [0, 0.05) is 18.7 Å². The van der Waals surface area contributed by atoms with E-state index in [-0.39, 0.29) is 0 Å². The van der Waals surface area contributed by atoms with Gasteiger partial charge in [-0.1, -0.05) is 54.1 Å². The molecule has 0 amide bonds. The van der Waals surface area contributed by atoms with Gasteiger partial charge in [-0.3, -0.25) is 5.41 Å². The van der Waals surface area contributed by atoms with Gasteiger partial charge in [0.25, 0.3) is 0 Å². The highest BCUT2D eigenvalue weighted by Crippen LogP contribution is 2.31. The molecule has 2 N–H and O–H groups in total. The Morgan fingerprint density at radius 3 is 2.19 bits per heavy atom. The number of hydrogen-bond acceptors (Lipinski definition) is 3. The predicted molar refractivity (Wildman–Crippen MR) is 103 cm³/mol.